The molecule has 6 nitrogen and oxygen atoms in total. The number of fused-ring (bicyclic) bond motifs is 5. The molecule has 3 saturated carbocycles. The van der Waals surface area contributed by atoms with Gasteiger partial charge in [0.05, 0.1) is 18.8 Å². The fourth-order valence-electron chi connectivity index (χ4n) is 7.98. The van der Waals surface area contributed by atoms with Crippen LogP contribution in [0.15, 0.2) is 23.3 Å². The van der Waals surface area contributed by atoms with Gasteiger partial charge in [-0.15, -0.1) is 0 Å². The molecule has 0 bridgehead atoms. The van der Waals surface area contributed by atoms with Crippen LogP contribution in [0.4, 0.5) is 0 Å². The molecule has 7 atom stereocenters. The Bertz CT molecular complexity index is 845. The van der Waals surface area contributed by atoms with E-state index < -0.39 is 17.1 Å². The van der Waals surface area contributed by atoms with Gasteiger partial charge in [-0.2, -0.15) is 0 Å². The lowest BCUT2D eigenvalue weighted by molar-refractivity contribution is -0.225. The van der Waals surface area contributed by atoms with E-state index in [9.17, 15) is 19.8 Å². The Kier molecular flexibility index (Phi) is 4.50. The van der Waals surface area contributed by atoms with E-state index in [4.69, 9.17) is 9.47 Å². The largest absolute Gasteiger partial charge is 0.468 e. The number of carbonyl (C=O) groups is 2. The zero-order valence-electron chi connectivity index (χ0n) is 17.9. The van der Waals surface area contributed by atoms with Gasteiger partial charge >= 0.3 is 11.9 Å². The van der Waals surface area contributed by atoms with Gasteiger partial charge in [-0.1, -0.05) is 18.6 Å². The number of carbonyl (C=O) groups excluding carboxylic acids is 2. The molecule has 1 aliphatic heterocycles. The smallest absolute Gasteiger partial charge is 0.331 e. The Hall–Kier alpha value is -1.66. The van der Waals surface area contributed by atoms with Gasteiger partial charge in [-0.25, -0.2) is 4.79 Å². The summed E-state index contributed by atoms with van der Waals surface area (Å²) < 4.78 is 10.5. The SMILES string of the molecule is COC(=O)[C@]12CC[C@H](O)C[C@]1(O)CC[C@@H]1C3=CC[C@@H](C4=CC(=O)OC4)[C@]3(C)CC[C@H]12. The zero-order chi connectivity index (χ0) is 21.3. The number of hydrogen-bond acceptors (Lipinski definition) is 6. The number of aliphatic hydroxyl groups is 2. The van der Waals surface area contributed by atoms with Gasteiger partial charge in [0, 0.05) is 12.5 Å². The van der Waals surface area contributed by atoms with Gasteiger partial charge in [0.1, 0.15) is 12.0 Å². The molecule has 0 aromatic heterocycles. The van der Waals surface area contributed by atoms with Crippen molar-refractivity contribution in [2.45, 2.75) is 70.0 Å². The highest BCUT2D eigenvalue weighted by Crippen LogP contribution is 2.68. The molecule has 0 aromatic rings. The van der Waals surface area contributed by atoms with Gasteiger partial charge in [0.15, 0.2) is 0 Å². The molecule has 30 heavy (non-hydrogen) atoms. The number of allylic oxidation sites excluding steroid dienone is 2. The van der Waals surface area contributed by atoms with E-state index in [0.717, 1.165) is 31.3 Å². The maximum atomic E-state index is 13.2. The van der Waals surface area contributed by atoms with Crippen molar-refractivity contribution in [2.75, 3.05) is 13.7 Å². The number of rotatable bonds is 2. The highest BCUT2D eigenvalue weighted by molar-refractivity contribution is 5.85. The molecular formula is C24H32O6. The van der Waals surface area contributed by atoms with Crippen LogP contribution in [0.25, 0.3) is 0 Å². The van der Waals surface area contributed by atoms with E-state index >= 15 is 0 Å². The van der Waals surface area contributed by atoms with Crippen LogP contribution in [-0.2, 0) is 19.1 Å². The monoisotopic (exact) mass is 416 g/mol. The van der Waals surface area contributed by atoms with Crippen LogP contribution in [0, 0.1) is 28.6 Å². The third-order valence-electron chi connectivity index (χ3n) is 9.32. The Morgan fingerprint density at radius 1 is 1.23 bits per heavy atom. The first-order chi connectivity index (χ1) is 14.2. The molecule has 0 amide bonds. The Morgan fingerprint density at radius 3 is 2.73 bits per heavy atom. The molecule has 4 aliphatic carbocycles. The molecule has 1 heterocycles. The predicted octanol–water partition coefficient (Wildman–Crippen LogP) is 2.68. The average Bonchev–Trinajstić information content (AvgIpc) is 3.29. The van der Waals surface area contributed by atoms with Gasteiger partial charge in [-0.3, -0.25) is 4.79 Å². The number of methoxy groups -OCH3 is 1. The highest BCUT2D eigenvalue weighted by atomic mass is 16.5. The number of esters is 2. The fraction of sp³-hybridized carbons (Fsp3) is 0.750. The van der Waals surface area contributed by atoms with Crippen LogP contribution in [0.3, 0.4) is 0 Å². The van der Waals surface area contributed by atoms with Crippen LogP contribution in [-0.4, -0.2) is 47.6 Å². The Morgan fingerprint density at radius 2 is 2.03 bits per heavy atom. The van der Waals surface area contributed by atoms with Crippen molar-refractivity contribution in [1.29, 1.82) is 0 Å². The molecule has 0 radical (unpaired) electrons. The summed E-state index contributed by atoms with van der Waals surface area (Å²) in [4.78, 5) is 24.9. The quantitative estimate of drug-likeness (QED) is 0.531. The minimum absolute atomic E-state index is 0.0183. The summed E-state index contributed by atoms with van der Waals surface area (Å²) in [5.41, 5.74) is 0.278. The molecule has 3 fully saturated rings. The van der Waals surface area contributed by atoms with Crippen LogP contribution in [0.1, 0.15) is 58.3 Å². The first-order valence-corrected chi connectivity index (χ1v) is 11.3. The summed E-state index contributed by atoms with van der Waals surface area (Å²) in [7, 11) is 1.41. The summed E-state index contributed by atoms with van der Waals surface area (Å²) in [6.45, 7) is 2.69. The number of ether oxygens (including phenoxy) is 2. The molecule has 5 aliphatic rings. The van der Waals surface area contributed by atoms with Crippen molar-refractivity contribution >= 4 is 11.9 Å². The lowest BCUT2D eigenvalue weighted by atomic mass is 9.43. The minimum atomic E-state index is -1.21. The summed E-state index contributed by atoms with van der Waals surface area (Å²) in [5, 5.41) is 21.9. The second-order valence-corrected chi connectivity index (χ2v) is 10.4. The molecule has 0 aromatic carbocycles. The molecule has 164 valence electrons. The van der Waals surface area contributed by atoms with Gasteiger partial charge in [-0.05, 0) is 73.7 Å². The van der Waals surface area contributed by atoms with E-state index in [1.54, 1.807) is 6.08 Å². The lowest BCUT2D eigenvalue weighted by Crippen LogP contribution is -2.66. The van der Waals surface area contributed by atoms with Crippen LogP contribution < -0.4 is 0 Å². The maximum absolute atomic E-state index is 13.2. The topological polar surface area (TPSA) is 93.1 Å². The normalized spacial score (nSPS) is 47.4. The molecule has 0 unspecified atom stereocenters. The molecule has 0 saturated heterocycles. The lowest BCUT2D eigenvalue weighted by Gasteiger charge is -2.62. The highest BCUT2D eigenvalue weighted by Gasteiger charge is 2.68. The molecule has 5 rings (SSSR count). The Balaban J connectivity index is 1.51. The third-order valence-corrected chi connectivity index (χ3v) is 9.32. The molecule has 2 N–H and O–H groups in total. The second kappa shape index (κ2) is 6.67. The summed E-state index contributed by atoms with van der Waals surface area (Å²) in [5.74, 6) is -0.0543. The van der Waals surface area contributed by atoms with Gasteiger partial charge in [0.2, 0.25) is 0 Å². The second-order valence-electron chi connectivity index (χ2n) is 10.4. The van der Waals surface area contributed by atoms with E-state index in [-0.39, 0.29) is 41.5 Å². The fourth-order valence-corrected chi connectivity index (χ4v) is 7.98. The first-order valence-electron chi connectivity index (χ1n) is 11.3. The van der Waals surface area contributed by atoms with Crippen molar-refractivity contribution in [1.82, 2.24) is 0 Å². The van der Waals surface area contributed by atoms with Crippen molar-refractivity contribution in [3.05, 3.63) is 23.3 Å². The summed E-state index contributed by atoms with van der Waals surface area (Å²) in [6.07, 6.45) is 8.62. The van der Waals surface area contributed by atoms with E-state index in [0.29, 0.717) is 25.9 Å². The van der Waals surface area contributed by atoms with E-state index in [1.165, 1.54) is 12.7 Å². The minimum Gasteiger partial charge on any atom is -0.468 e. The number of hydrogen-bond donors (Lipinski definition) is 2. The van der Waals surface area contributed by atoms with Gasteiger partial charge < -0.3 is 19.7 Å². The van der Waals surface area contributed by atoms with E-state index in [2.05, 4.69) is 13.0 Å². The molecular weight excluding hydrogens is 384 g/mol. The first kappa shape index (κ1) is 20.3. The Labute approximate surface area is 177 Å². The van der Waals surface area contributed by atoms with Crippen molar-refractivity contribution in [3.63, 3.8) is 0 Å². The third kappa shape index (κ3) is 2.49. The number of aliphatic hydroxyl groups excluding tert-OH is 1. The zero-order valence-corrected chi connectivity index (χ0v) is 17.9. The molecule has 0 spiro atoms. The van der Waals surface area contributed by atoms with Crippen molar-refractivity contribution < 1.29 is 29.3 Å². The molecule has 6 heteroatoms. The van der Waals surface area contributed by atoms with Crippen molar-refractivity contribution in [3.8, 4) is 0 Å². The predicted molar refractivity (Wildman–Crippen MR) is 108 cm³/mol. The average molecular weight is 417 g/mol. The van der Waals surface area contributed by atoms with Gasteiger partial charge in [0.25, 0.3) is 0 Å². The maximum Gasteiger partial charge on any atom is 0.331 e. The van der Waals surface area contributed by atoms with Crippen molar-refractivity contribution in [2.24, 2.45) is 28.6 Å². The van der Waals surface area contributed by atoms with Crippen LogP contribution >= 0.6 is 0 Å². The van der Waals surface area contributed by atoms with E-state index in [1.807, 2.05) is 0 Å². The van der Waals surface area contributed by atoms with Crippen LogP contribution in [0.5, 0.6) is 0 Å². The standard InChI is InChI=1S/C24H32O6/c1-22-8-7-19-16(18(22)4-3-17(22)14-11-20(26)30-13-14)6-9-23(28)12-15(25)5-10-24(19,23)21(27)29-2/h4,11,15-17,19,25,28H,3,5-10,12-13H2,1-2H3/t15-,16+,17-,19+,22-,23+,24+/m0/s1. The number of cyclic esters (lactones) is 1. The van der Waals surface area contributed by atoms with Crippen LogP contribution in [0.2, 0.25) is 0 Å². The summed E-state index contributed by atoms with van der Waals surface area (Å²) in [6, 6.07) is 0. The summed E-state index contributed by atoms with van der Waals surface area (Å²) >= 11 is 0.